The minimum absolute atomic E-state index is 0.249. The van der Waals surface area contributed by atoms with Gasteiger partial charge in [0.25, 0.3) is 0 Å². The molecule has 0 bridgehead atoms. The summed E-state index contributed by atoms with van der Waals surface area (Å²) in [6.07, 6.45) is 5.38. The van der Waals surface area contributed by atoms with Crippen LogP contribution in [-0.4, -0.2) is 24.1 Å². The fourth-order valence-corrected chi connectivity index (χ4v) is 3.60. The molecule has 0 aliphatic carbocycles. The second kappa shape index (κ2) is 9.22. The zero-order valence-electron chi connectivity index (χ0n) is 14.5. The maximum Gasteiger partial charge on any atom is 0.250 e. The number of rotatable bonds is 4. The van der Waals surface area contributed by atoms with Crippen LogP contribution in [0, 0.1) is 0 Å². The standard InChI is InChI=1S/C20H19Cl2N3OS/c21-15-9-7-14(16(22)13-15)8-10-19(26)24-20(27)23-17-5-1-2-6-18(17)25-11-3-4-12-25/h1-2,5-10,13H,3-4,11-12H2,(H2,23,24,26,27). The zero-order valence-corrected chi connectivity index (χ0v) is 16.9. The van der Waals surface area contributed by atoms with E-state index in [2.05, 4.69) is 21.6 Å². The minimum Gasteiger partial charge on any atom is -0.370 e. The van der Waals surface area contributed by atoms with Crippen molar-refractivity contribution in [2.45, 2.75) is 12.8 Å². The predicted octanol–water partition coefficient (Wildman–Crippen LogP) is 5.12. The lowest BCUT2D eigenvalue weighted by molar-refractivity contribution is -0.115. The molecule has 0 unspecified atom stereocenters. The molecule has 2 aromatic rings. The normalized spacial score (nSPS) is 13.8. The lowest BCUT2D eigenvalue weighted by Gasteiger charge is -2.22. The van der Waals surface area contributed by atoms with E-state index in [1.165, 1.54) is 18.9 Å². The van der Waals surface area contributed by atoms with Gasteiger partial charge in [0.1, 0.15) is 0 Å². The van der Waals surface area contributed by atoms with Crippen molar-refractivity contribution in [3.8, 4) is 0 Å². The number of amides is 1. The molecular formula is C20H19Cl2N3OS. The Balaban J connectivity index is 1.61. The molecule has 1 aliphatic heterocycles. The summed E-state index contributed by atoms with van der Waals surface area (Å²) >= 11 is 17.2. The lowest BCUT2D eigenvalue weighted by Crippen LogP contribution is -2.33. The molecule has 1 amide bonds. The van der Waals surface area contributed by atoms with Gasteiger partial charge in [-0.1, -0.05) is 41.4 Å². The van der Waals surface area contributed by atoms with E-state index in [4.69, 9.17) is 35.4 Å². The average molecular weight is 420 g/mol. The highest BCUT2D eigenvalue weighted by Crippen LogP contribution is 2.28. The second-order valence-corrected chi connectivity index (χ2v) is 7.41. The molecule has 0 saturated carbocycles. The SMILES string of the molecule is O=C(C=Cc1ccc(Cl)cc1Cl)NC(=S)Nc1ccccc1N1CCCC1. The van der Waals surface area contributed by atoms with Crippen LogP contribution >= 0.6 is 35.4 Å². The number of nitrogens with one attached hydrogen (secondary N) is 2. The fourth-order valence-electron chi connectivity index (χ4n) is 2.92. The zero-order chi connectivity index (χ0) is 19.2. The molecule has 3 rings (SSSR count). The van der Waals surface area contributed by atoms with Gasteiger partial charge in [-0.25, -0.2) is 0 Å². The first-order valence-electron chi connectivity index (χ1n) is 8.62. The highest BCUT2D eigenvalue weighted by molar-refractivity contribution is 7.80. The minimum atomic E-state index is -0.336. The molecule has 2 aromatic carbocycles. The number of hydrogen-bond donors (Lipinski definition) is 2. The molecule has 0 spiro atoms. The average Bonchev–Trinajstić information content (AvgIpc) is 3.16. The molecule has 1 aliphatic rings. The molecule has 27 heavy (non-hydrogen) atoms. The summed E-state index contributed by atoms with van der Waals surface area (Å²) in [6.45, 7) is 2.06. The van der Waals surface area contributed by atoms with Gasteiger partial charge in [0, 0.05) is 29.2 Å². The molecule has 1 heterocycles. The Kier molecular flexibility index (Phi) is 6.72. The van der Waals surface area contributed by atoms with Crippen LogP contribution in [0.4, 0.5) is 11.4 Å². The van der Waals surface area contributed by atoms with Crippen LogP contribution in [0.2, 0.25) is 10.0 Å². The summed E-state index contributed by atoms with van der Waals surface area (Å²) in [5.41, 5.74) is 2.68. The maximum absolute atomic E-state index is 12.1. The van der Waals surface area contributed by atoms with Gasteiger partial charge in [0.15, 0.2) is 5.11 Å². The van der Waals surface area contributed by atoms with Crippen LogP contribution in [0.25, 0.3) is 6.08 Å². The topological polar surface area (TPSA) is 44.4 Å². The molecule has 140 valence electrons. The number of carbonyl (C=O) groups is 1. The van der Waals surface area contributed by atoms with Crippen molar-refractivity contribution < 1.29 is 4.79 Å². The number of hydrogen-bond acceptors (Lipinski definition) is 3. The van der Waals surface area contributed by atoms with Gasteiger partial charge in [0.2, 0.25) is 5.91 Å². The van der Waals surface area contributed by atoms with Gasteiger partial charge in [-0.05, 0) is 61.0 Å². The second-order valence-electron chi connectivity index (χ2n) is 6.15. The van der Waals surface area contributed by atoms with Crippen molar-refractivity contribution >= 4 is 63.9 Å². The molecule has 1 saturated heterocycles. The van der Waals surface area contributed by atoms with E-state index >= 15 is 0 Å². The molecule has 0 atom stereocenters. The van der Waals surface area contributed by atoms with Crippen molar-refractivity contribution in [3.63, 3.8) is 0 Å². The highest BCUT2D eigenvalue weighted by atomic mass is 35.5. The molecule has 2 N–H and O–H groups in total. The number of para-hydroxylation sites is 2. The number of benzene rings is 2. The van der Waals surface area contributed by atoms with Crippen LogP contribution < -0.4 is 15.5 Å². The van der Waals surface area contributed by atoms with E-state index in [1.807, 2.05) is 18.2 Å². The fraction of sp³-hybridized carbons (Fsp3) is 0.200. The third-order valence-corrected chi connectivity index (χ3v) is 4.98. The Morgan fingerprint density at radius 3 is 2.59 bits per heavy atom. The van der Waals surface area contributed by atoms with Crippen LogP contribution in [0.5, 0.6) is 0 Å². The lowest BCUT2D eigenvalue weighted by atomic mass is 10.2. The summed E-state index contributed by atoms with van der Waals surface area (Å²) in [6, 6.07) is 13.0. The Morgan fingerprint density at radius 1 is 1.11 bits per heavy atom. The van der Waals surface area contributed by atoms with Gasteiger partial charge < -0.3 is 10.2 Å². The molecule has 7 heteroatoms. The van der Waals surface area contributed by atoms with Crippen molar-refractivity contribution in [2.75, 3.05) is 23.3 Å². The molecule has 0 radical (unpaired) electrons. The van der Waals surface area contributed by atoms with Gasteiger partial charge >= 0.3 is 0 Å². The number of thiocarbonyl (C=S) groups is 1. The number of anilines is 2. The Labute approximate surface area is 174 Å². The summed E-state index contributed by atoms with van der Waals surface area (Å²) in [4.78, 5) is 14.4. The predicted molar refractivity (Wildman–Crippen MR) is 118 cm³/mol. The van der Waals surface area contributed by atoms with Gasteiger partial charge in [-0.3, -0.25) is 10.1 Å². The van der Waals surface area contributed by atoms with Crippen LogP contribution in [-0.2, 0) is 4.79 Å². The van der Waals surface area contributed by atoms with Gasteiger partial charge in [-0.2, -0.15) is 0 Å². The first-order chi connectivity index (χ1) is 13.0. The van der Waals surface area contributed by atoms with E-state index in [0.29, 0.717) is 15.6 Å². The summed E-state index contributed by atoms with van der Waals surface area (Å²) in [5, 5.41) is 7.04. The van der Waals surface area contributed by atoms with Crippen molar-refractivity contribution in [1.82, 2.24) is 5.32 Å². The number of carbonyl (C=O) groups excluding carboxylic acids is 1. The third kappa shape index (κ3) is 5.45. The maximum atomic E-state index is 12.1. The van der Waals surface area contributed by atoms with E-state index in [9.17, 15) is 4.79 Å². The van der Waals surface area contributed by atoms with Gasteiger partial charge in [0.05, 0.1) is 11.4 Å². The van der Waals surface area contributed by atoms with E-state index < -0.39 is 0 Å². The quantitative estimate of drug-likeness (QED) is 0.532. The van der Waals surface area contributed by atoms with E-state index in [1.54, 1.807) is 24.3 Å². The summed E-state index contributed by atoms with van der Waals surface area (Å²) < 4.78 is 0. The molecular weight excluding hydrogens is 401 g/mol. The number of nitrogens with zero attached hydrogens (tertiary/aromatic N) is 1. The monoisotopic (exact) mass is 419 g/mol. The summed E-state index contributed by atoms with van der Waals surface area (Å²) in [7, 11) is 0. The van der Waals surface area contributed by atoms with Gasteiger partial charge in [-0.15, -0.1) is 0 Å². The van der Waals surface area contributed by atoms with Crippen LogP contribution in [0.15, 0.2) is 48.5 Å². The largest absolute Gasteiger partial charge is 0.370 e. The van der Waals surface area contributed by atoms with Crippen molar-refractivity contribution in [3.05, 3.63) is 64.1 Å². The van der Waals surface area contributed by atoms with Crippen molar-refractivity contribution in [1.29, 1.82) is 0 Å². The van der Waals surface area contributed by atoms with Crippen LogP contribution in [0.3, 0.4) is 0 Å². The summed E-state index contributed by atoms with van der Waals surface area (Å²) in [5.74, 6) is -0.336. The van der Waals surface area contributed by atoms with Crippen molar-refractivity contribution in [2.24, 2.45) is 0 Å². The first-order valence-corrected chi connectivity index (χ1v) is 9.78. The Morgan fingerprint density at radius 2 is 1.85 bits per heavy atom. The Bertz CT molecular complexity index is 879. The van der Waals surface area contributed by atoms with E-state index in [0.717, 1.165) is 24.5 Å². The smallest absolute Gasteiger partial charge is 0.250 e. The Hall–Kier alpha value is -2.08. The third-order valence-electron chi connectivity index (χ3n) is 4.21. The van der Waals surface area contributed by atoms with Crippen LogP contribution in [0.1, 0.15) is 18.4 Å². The molecule has 1 fully saturated rings. The highest BCUT2D eigenvalue weighted by Gasteiger charge is 2.16. The van der Waals surface area contributed by atoms with E-state index in [-0.39, 0.29) is 11.0 Å². The first kappa shape index (κ1) is 19.7. The molecule has 4 nitrogen and oxygen atoms in total. The number of halogens is 2. The molecule has 0 aromatic heterocycles.